The third kappa shape index (κ3) is 7.37. The van der Waals surface area contributed by atoms with Crippen molar-refractivity contribution < 1.29 is 55.5 Å². The second-order valence-electron chi connectivity index (χ2n) is 20.4. The van der Waals surface area contributed by atoms with E-state index in [0.717, 1.165) is 57.9 Å². The average Bonchev–Trinajstić information content (AvgIpc) is 3.81. The van der Waals surface area contributed by atoms with Crippen LogP contribution in [0.2, 0.25) is 0 Å². The standard InChI is InChI=1S/2C26H28F4N2O2/c2*1-3-24-15-23(2,33)25(34,26(28,29)30)13-18(24)6-4-5-16-12-22-17(11-21(16)24)14-31-32(22)20-9-7-19(27)8-10-20/h2*7-12,14,18,33-34H,3-6,13,15H2,1-2H3/t2*18-,23-,24-,25+/m10/s1. The van der Waals surface area contributed by atoms with Gasteiger partial charge < -0.3 is 20.4 Å². The van der Waals surface area contributed by atoms with Gasteiger partial charge in [0.25, 0.3) is 0 Å². The van der Waals surface area contributed by atoms with Crippen molar-refractivity contribution in [3.63, 3.8) is 0 Å². The molecule has 4 aliphatic rings. The van der Waals surface area contributed by atoms with Crippen LogP contribution in [0.5, 0.6) is 0 Å². The van der Waals surface area contributed by atoms with Crippen molar-refractivity contribution in [3.05, 3.63) is 119 Å². The van der Waals surface area contributed by atoms with Crippen LogP contribution in [0.1, 0.15) is 114 Å². The van der Waals surface area contributed by atoms with Gasteiger partial charge in [-0.2, -0.15) is 36.5 Å². The van der Waals surface area contributed by atoms with Gasteiger partial charge in [-0.1, -0.05) is 13.8 Å². The van der Waals surface area contributed by atoms with Crippen LogP contribution < -0.4 is 0 Å². The van der Waals surface area contributed by atoms with E-state index < -0.39 is 70.3 Å². The third-order valence-electron chi connectivity index (χ3n) is 16.7. The number of hydrogen-bond donors (Lipinski definition) is 4. The molecule has 2 fully saturated rings. The topological polar surface area (TPSA) is 117 Å². The van der Waals surface area contributed by atoms with Crippen LogP contribution in [0.15, 0.2) is 85.2 Å². The molecule has 68 heavy (non-hydrogen) atoms. The van der Waals surface area contributed by atoms with Crippen LogP contribution in [-0.2, 0) is 23.7 Å². The van der Waals surface area contributed by atoms with Crippen LogP contribution in [0, 0.1) is 23.5 Å². The van der Waals surface area contributed by atoms with Crippen molar-refractivity contribution in [1.82, 2.24) is 19.6 Å². The van der Waals surface area contributed by atoms with Crippen LogP contribution in [-0.4, -0.2) is 74.7 Å². The van der Waals surface area contributed by atoms with Gasteiger partial charge in [0, 0.05) is 21.6 Å². The lowest BCUT2D eigenvalue weighted by Crippen LogP contribution is -2.68. The van der Waals surface area contributed by atoms with E-state index >= 15 is 0 Å². The lowest BCUT2D eigenvalue weighted by atomic mass is 9.52. The second-order valence-corrected chi connectivity index (χ2v) is 20.4. The van der Waals surface area contributed by atoms with E-state index in [9.17, 15) is 55.5 Å². The van der Waals surface area contributed by atoms with Crippen LogP contribution in [0.25, 0.3) is 33.2 Å². The van der Waals surface area contributed by atoms with Gasteiger partial charge in [-0.15, -0.1) is 0 Å². The molecule has 0 radical (unpaired) electrons. The summed E-state index contributed by atoms with van der Waals surface area (Å²) in [6, 6.07) is 20.1. The summed E-state index contributed by atoms with van der Waals surface area (Å²) < 4.78 is 114. The van der Waals surface area contributed by atoms with E-state index in [1.165, 1.54) is 24.3 Å². The smallest absolute Gasteiger partial charge is 0.387 e. The largest absolute Gasteiger partial charge is 0.420 e. The maximum absolute atomic E-state index is 14.0. The Morgan fingerprint density at radius 3 is 1.25 bits per heavy atom. The molecule has 2 aromatic heterocycles. The van der Waals surface area contributed by atoms with Gasteiger partial charge in [-0.25, -0.2) is 18.1 Å². The van der Waals surface area contributed by atoms with Gasteiger partial charge >= 0.3 is 12.4 Å². The van der Waals surface area contributed by atoms with Crippen LogP contribution in [0.4, 0.5) is 35.1 Å². The summed E-state index contributed by atoms with van der Waals surface area (Å²) >= 11 is 0. The van der Waals surface area contributed by atoms with Gasteiger partial charge in [0.15, 0.2) is 11.2 Å². The fraction of sp³-hybridized carbons (Fsp3) is 0.500. The number of halogens is 8. The molecular formula is C52H56F8N4O4. The molecule has 2 saturated carbocycles. The molecule has 0 aliphatic heterocycles. The molecule has 2 heterocycles. The molecule has 4 aromatic carbocycles. The van der Waals surface area contributed by atoms with Gasteiger partial charge in [-0.05, 0) is 198 Å². The first-order chi connectivity index (χ1) is 31.8. The average molecular weight is 953 g/mol. The van der Waals surface area contributed by atoms with Gasteiger partial charge in [0.05, 0.1) is 34.8 Å². The number of rotatable bonds is 4. The van der Waals surface area contributed by atoms with Crippen LogP contribution in [0.3, 0.4) is 0 Å². The Morgan fingerprint density at radius 1 is 0.574 bits per heavy atom. The Hall–Kier alpha value is -4.90. The summed E-state index contributed by atoms with van der Waals surface area (Å²) in [6.07, 6.45) is -2.93. The van der Waals surface area contributed by atoms with Crippen LogP contribution >= 0.6 is 0 Å². The first-order valence-corrected chi connectivity index (χ1v) is 23.4. The number of benzene rings is 4. The summed E-state index contributed by atoms with van der Waals surface area (Å²) in [7, 11) is 0. The summed E-state index contributed by atoms with van der Waals surface area (Å²) in [5.74, 6) is -1.52. The van der Waals surface area contributed by atoms with Gasteiger partial charge in [-0.3, -0.25) is 0 Å². The number of fused-ring (bicyclic) bond motifs is 8. The number of alkyl halides is 6. The lowest BCUT2D eigenvalue weighted by molar-refractivity contribution is -0.338. The number of aryl methyl sites for hydroxylation is 2. The molecule has 0 bridgehead atoms. The number of aliphatic hydroxyl groups is 4. The van der Waals surface area contributed by atoms with E-state index in [2.05, 4.69) is 10.2 Å². The summed E-state index contributed by atoms with van der Waals surface area (Å²) in [5, 5.41) is 54.2. The predicted molar refractivity (Wildman–Crippen MR) is 241 cm³/mol. The highest BCUT2D eigenvalue weighted by atomic mass is 19.4. The molecular weight excluding hydrogens is 897 g/mol. The zero-order chi connectivity index (χ0) is 49.0. The summed E-state index contributed by atoms with van der Waals surface area (Å²) in [5.41, 5.74) is -5.32. The maximum atomic E-state index is 14.0. The first-order valence-electron chi connectivity index (χ1n) is 23.4. The zero-order valence-electron chi connectivity index (χ0n) is 38.3. The Kier molecular flexibility index (Phi) is 11.6. The summed E-state index contributed by atoms with van der Waals surface area (Å²) in [6.45, 7) is 6.12. The Labute approximate surface area is 388 Å². The fourth-order valence-electron chi connectivity index (χ4n) is 13.0. The number of nitrogens with zero attached hydrogens (tertiary/aromatic N) is 4. The van der Waals surface area contributed by atoms with E-state index in [4.69, 9.17) is 0 Å². The zero-order valence-corrected chi connectivity index (χ0v) is 38.3. The molecule has 0 spiro atoms. The molecule has 0 amide bonds. The predicted octanol–water partition coefficient (Wildman–Crippen LogP) is 11.2. The maximum Gasteiger partial charge on any atom is 0.420 e. The molecule has 364 valence electrons. The van der Waals surface area contributed by atoms with Crippen molar-refractivity contribution in [2.24, 2.45) is 11.8 Å². The number of hydrogen-bond acceptors (Lipinski definition) is 6. The van der Waals surface area contributed by atoms with Gasteiger partial charge in [0.1, 0.15) is 22.8 Å². The van der Waals surface area contributed by atoms with E-state index in [-0.39, 0.29) is 24.5 Å². The molecule has 4 aliphatic carbocycles. The van der Waals surface area contributed by atoms with Crippen molar-refractivity contribution >= 4 is 21.8 Å². The van der Waals surface area contributed by atoms with Crippen molar-refractivity contribution in [2.75, 3.05) is 0 Å². The molecule has 8 nitrogen and oxygen atoms in total. The highest BCUT2D eigenvalue weighted by Gasteiger charge is 2.71. The number of aromatic nitrogens is 4. The SMILES string of the molecule is CC[C@@]12C[C@@](C)(O)[C@](O)(C(F)(F)F)C[C@H]1CCCc1cc3c(cnn3-c3ccc(F)cc3)cc12.CC[C@]12C[C@](C)(O)[C@@](O)(C(F)(F)F)C[C@@H]1CCCc1cc3c(cnn3-c3ccc(F)cc3)cc12. The second kappa shape index (κ2) is 16.3. The lowest BCUT2D eigenvalue weighted by Gasteiger charge is -2.57. The van der Waals surface area contributed by atoms with Crippen molar-refractivity contribution in [1.29, 1.82) is 0 Å². The quantitative estimate of drug-likeness (QED) is 0.131. The fourth-order valence-corrected chi connectivity index (χ4v) is 13.0. The molecule has 10 rings (SSSR count). The molecule has 0 saturated heterocycles. The van der Waals surface area contributed by atoms with Crippen molar-refractivity contribution in [2.45, 2.75) is 150 Å². The highest BCUT2D eigenvalue weighted by Crippen LogP contribution is 2.62. The third-order valence-corrected chi connectivity index (χ3v) is 16.7. The summed E-state index contributed by atoms with van der Waals surface area (Å²) in [4.78, 5) is 0. The monoisotopic (exact) mass is 952 g/mol. The van der Waals surface area contributed by atoms with E-state index in [1.54, 1.807) is 46.0 Å². The van der Waals surface area contributed by atoms with Crippen molar-refractivity contribution in [3.8, 4) is 11.4 Å². The van der Waals surface area contributed by atoms with E-state index in [0.29, 0.717) is 62.7 Å². The van der Waals surface area contributed by atoms with E-state index in [1.807, 2.05) is 38.1 Å². The van der Waals surface area contributed by atoms with Gasteiger partial charge in [0.2, 0.25) is 0 Å². The molecule has 4 N–H and O–H groups in total. The Balaban J connectivity index is 0.000000170. The normalized spacial score (nSPS) is 31.7. The minimum atomic E-state index is -4.92. The highest BCUT2D eigenvalue weighted by molar-refractivity contribution is 5.84. The Morgan fingerprint density at radius 2 is 0.926 bits per heavy atom. The minimum absolute atomic E-state index is 0.179. The molecule has 16 heteroatoms. The first kappa shape index (κ1) is 48.1. The minimum Gasteiger partial charge on any atom is -0.387 e. The Bertz CT molecular complexity index is 2660. The molecule has 8 atom stereocenters. The molecule has 0 unspecified atom stereocenters. The molecule has 6 aromatic rings.